The molecular formula is C24H24N4O3. The van der Waals surface area contributed by atoms with Gasteiger partial charge in [0, 0.05) is 29.8 Å². The number of rotatable bonds is 6. The standard InChI is InChI=1S/C24H24N4O3/c1-15-19(6-4-12-27-15)24(30)28(22(23(25)29)17-5-3-11-26-14-17)21-10-8-16-7-9-18(31-2)13-20(16)21/h3-7,9,11-14,21-22H,8,10H2,1-2H3,(H2,25,29)/t21-,22-/m1/s1. The Morgan fingerprint density at radius 3 is 2.68 bits per heavy atom. The van der Waals surface area contributed by atoms with Crippen molar-refractivity contribution in [1.29, 1.82) is 0 Å². The first-order chi connectivity index (χ1) is 15.0. The normalized spacial score (nSPS) is 15.7. The molecule has 4 rings (SSSR count). The number of carbonyl (C=O) groups excluding carboxylic acids is 2. The number of nitrogens with zero attached hydrogens (tertiary/aromatic N) is 3. The molecule has 0 spiro atoms. The highest BCUT2D eigenvalue weighted by Gasteiger charge is 2.40. The second-order valence-electron chi connectivity index (χ2n) is 7.56. The summed E-state index contributed by atoms with van der Waals surface area (Å²) < 4.78 is 5.41. The Morgan fingerprint density at radius 2 is 2.00 bits per heavy atom. The Labute approximate surface area is 180 Å². The van der Waals surface area contributed by atoms with E-state index in [0.717, 1.165) is 17.5 Å². The third kappa shape index (κ3) is 3.86. The molecule has 7 heteroatoms. The molecule has 7 nitrogen and oxygen atoms in total. The summed E-state index contributed by atoms with van der Waals surface area (Å²) in [4.78, 5) is 36.6. The second-order valence-corrected chi connectivity index (χ2v) is 7.56. The second kappa shape index (κ2) is 8.55. The smallest absolute Gasteiger partial charge is 0.257 e. The van der Waals surface area contributed by atoms with Crippen molar-refractivity contribution in [3.8, 4) is 5.75 Å². The zero-order valence-corrected chi connectivity index (χ0v) is 17.5. The molecule has 1 aromatic carbocycles. The minimum atomic E-state index is -0.969. The molecule has 0 radical (unpaired) electrons. The van der Waals surface area contributed by atoms with Crippen molar-refractivity contribution in [3.05, 3.63) is 89.0 Å². The molecule has 2 atom stereocenters. The van der Waals surface area contributed by atoms with Crippen LogP contribution in [0.2, 0.25) is 0 Å². The van der Waals surface area contributed by atoms with Crippen molar-refractivity contribution < 1.29 is 14.3 Å². The highest BCUT2D eigenvalue weighted by molar-refractivity contribution is 5.98. The van der Waals surface area contributed by atoms with Gasteiger partial charge in [0.25, 0.3) is 5.91 Å². The first-order valence-corrected chi connectivity index (χ1v) is 10.1. The Bertz CT molecular complexity index is 1120. The number of pyridine rings is 2. The Kier molecular flexibility index (Phi) is 5.66. The average Bonchev–Trinajstić information content (AvgIpc) is 3.20. The molecule has 2 heterocycles. The van der Waals surface area contributed by atoms with Gasteiger partial charge >= 0.3 is 0 Å². The van der Waals surface area contributed by atoms with Crippen LogP contribution < -0.4 is 10.5 Å². The van der Waals surface area contributed by atoms with Crippen LogP contribution in [0.15, 0.2) is 61.1 Å². The van der Waals surface area contributed by atoms with E-state index in [4.69, 9.17) is 10.5 Å². The summed E-state index contributed by atoms with van der Waals surface area (Å²) in [7, 11) is 1.61. The maximum absolute atomic E-state index is 13.9. The van der Waals surface area contributed by atoms with E-state index in [-0.39, 0.29) is 11.9 Å². The topological polar surface area (TPSA) is 98.4 Å². The van der Waals surface area contributed by atoms with Crippen LogP contribution in [0.1, 0.15) is 51.2 Å². The lowest BCUT2D eigenvalue weighted by atomic mass is 9.98. The average molecular weight is 416 g/mol. The highest BCUT2D eigenvalue weighted by atomic mass is 16.5. The third-order valence-corrected chi connectivity index (χ3v) is 5.75. The van der Waals surface area contributed by atoms with Crippen LogP contribution in [0.3, 0.4) is 0 Å². The minimum Gasteiger partial charge on any atom is -0.497 e. The van der Waals surface area contributed by atoms with Gasteiger partial charge in [-0.15, -0.1) is 0 Å². The molecular weight excluding hydrogens is 392 g/mol. The maximum atomic E-state index is 13.9. The first-order valence-electron chi connectivity index (χ1n) is 10.1. The lowest BCUT2D eigenvalue weighted by Gasteiger charge is -2.36. The summed E-state index contributed by atoms with van der Waals surface area (Å²) in [5, 5.41) is 0. The molecule has 158 valence electrons. The first kappa shape index (κ1) is 20.5. The maximum Gasteiger partial charge on any atom is 0.257 e. The predicted molar refractivity (Wildman–Crippen MR) is 115 cm³/mol. The van der Waals surface area contributed by atoms with Crippen LogP contribution in [0.4, 0.5) is 0 Å². The molecule has 0 saturated heterocycles. The number of aryl methyl sites for hydroxylation is 2. The summed E-state index contributed by atoms with van der Waals surface area (Å²) in [5.74, 6) is -0.203. The fourth-order valence-corrected chi connectivity index (χ4v) is 4.26. The van der Waals surface area contributed by atoms with E-state index < -0.39 is 11.9 Å². The molecule has 0 unspecified atom stereocenters. The van der Waals surface area contributed by atoms with Gasteiger partial charge in [-0.2, -0.15) is 0 Å². The Morgan fingerprint density at radius 1 is 1.19 bits per heavy atom. The quantitative estimate of drug-likeness (QED) is 0.666. The van der Waals surface area contributed by atoms with Crippen molar-refractivity contribution in [2.24, 2.45) is 5.73 Å². The van der Waals surface area contributed by atoms with Gasteiger partial charge in [-0.3, -0.25) is 19.6 Å². The van der Waals surface area contributed by atoms with Crippen LogP contribution in [0, 0.1) is 6.92 Å². The predicted octanol–water partition coefficient (Wildman–Crippen LogP) is 3.15. The van der Waals surface area contributed by atoms with Crippen LogP contribution in [0.5, 0.6) is 5.75 Å². The van der Waals surface area contributed by atoms with Crippen LogP contribution in [-0.2, 0) is 11.2 Å². The Hall–Kier alpha value is -3.74. The van der Waals surface area contributed by atoms with Gasteiger partial charge in [0.15, 0.2) is 0 Å². The van der Waals surface area contributed by atoms with E-state index in [2.05, 4.69) is 9.97 Å². The fourth-order valence-electron chi connectivity index (χ4n) is 4.26. The van der Waals surface area contributed by atoms with Gasteiger partial charge in [0.2, 0.25) is 5.91 Å². The number of primary amides is 1. The summed E-state index contributed by atoms with van der Waals surface area (Å²) in [5.41, 5.74) is 9.56. The van der Waals surface area contributed by atoms with Crippen LogP contribution in [-0.4, -0.2) is 33.8 Å². The molecule has 31 heavy (non-hydrogen) atoms. The van der Waals surface area contributed by atoms with Crippen molar-refractivity contribution in [1.82, 2.24) is 14.9 Å². The summed E-state index contributed by atoms with van der Waals surface area (Å²) in [6.07, 6.45) is 6.30. The monoisotopic (exact) mass is 416 g/mol. The van der Waals surface area contributed by atoms with Crippen molar-refractivity contribution in [2.75, 3.05) is 7.11 Å². The molecule has 0 bridgehead atoms. The number of hydrogen-bond donors (Lipinski definition) is 1. The number of benzene rings is 1. The zero-order chi connectivity index (χ0) is 22.0. The number of nitrogens with two attached hydrogens (primary N) is 1. The van der Waals surface area contributed by atoms with Gasteiger partial charge < -0.3 is 15.4 Å². The van der Waals surface area contributed by atoms with E-state index in [0.29, 0.717) is 29.0 Å². The molecule has 2 N–H and O–H groups in total. The number of carbonyl (C=O) groups is 2. The molecule has 1 aliphatic rings. The van der Waals surface area contributed by atoms with Gasteiger partial charge in [-0.1, -0.05) is 12.1 Å². The third-order valence-electron chi connectivity index (χ3n) is 5.75. The van der Waals surface area contributed by atoms with E-state index in [1.54, 1.807) is 61.8 Å². The number of fused-ring (bicyclic) bond motifs is 1. The zero-order valence-electron chi connectivity index (χ0n) is 17.5. The molecule has 3 aromatic rings. The van der Waals surface area contributed by atoms with Crippen molar-refractivity contribution >= 4 is 11.8 Å². The van der Waals surface area contributed by atoms with Crippen molar-refractivity contribution in [2.45, 2.75) is 31.8 Å². The molecule has 1 aliphatic carbocycles. The van der Waals surface area contributed by atoms with Gasteiger partial charge in [-0.05, 0) is 61.2 Å². The largest absolute Gasteiger partial charge is 0.497 e. The lowest BCUT2D eigenvalue weighted by molar-refractivity contribution is -0.123. The van der Waals surface area contributed by atoms with Crippen molar-refractivity contribution in [3.63, 3.8) is 0 Å². The summed E-state index contributed by atoms with van der Waals surface area (Å²) in [6.45, 7) is 1.78. The fraction of sp³-hybridized carbons (Fsp3) is 0.250. The molecule has 0 aliphatic heterocycles. The number of hydrogen-bond acceptors (Lipinski definition) is 5. The van der Waals surface area contributed by atoms with E-state index in [1.165, 1.54) is 0 Å². The SMILES string of the molecule is COc1ccc2c(c1)[C@H](N(C(=O)c1cccnc1C)[C@@H](C(N)=O)c1cccnc1)CC2. The highest BCUT2D eigenvalue weighted by Crippen LogP contribution is 2.42. The lowest BCUT2D eigenvalue weighted by Crippen LogP contribution is -2.43. The van der Waals surface area contributed by atoms with Gasteiger partial charge in [-0.25, -0.2) is 0 Å². The molecule has 0 saturated carbocycles. The van der Waals surface area contributed by atoms with E-state index in [1.807, 2.05) is 18.2 Å². The van der Waals surface area contributed by atoms with Crippen LogP contribution >= 0.6 is 0 Å². The molecule has 2 aromatic heterocycles. The number of methoxy groups -OCH3 is 1. The van der Waals surface area contributed by atoms with Gasteiger partial charge in [0.05, 0.1) is 18.7 Å². The van der Waals surface area contributed by atoms with E-state index >= 15 is 0 Å². The number of amides is 2. The summed E-state index contributed by atoms with van der Waals surface area (Å²) in [6, 6.07) is 11.5. The van der Waals surface area contributed by atoms with Crippen LogP contribution in [0.25, 0.3) is 0 Å². The molecule has 2 amide bonds. The number of aromatic nitrogens is 2. The molecule has 0 fully saturated rings. The van der Waals surface area contributed by atoms with Gasteiger partial charge in [0.1, 0.15) is 11.8 Å². The van der Waals surface area contributed by atoms with E-state index in [9.17, 15) is 9.59 Å². The Balaban J connectivity index is 1.88. The summed E-state index contributed by atoms with van der Waals surface area (Å²) >= 11 is 0. The minimum absolute atomic E-state index is 0.293. The number of ether oxygens (including phenoxy) is 1.